The van der Waals surface area contributed by atoms with E-state index in [0.29, 0.717) is 31.0 Å². The average Bonchev–Trinajstić information content (AvgIpc) is 3.22. The lowest BCUT2D eigenvalue weighted by molar-refractivity contribution is -0.139. The zero-order chi connectivity index (χ0) is 20.6. The molecule has 8 heteroatoms. The Morgan fingerprint density at radius 3 is 2.28 bits per heavy atom. The summed E-state index contributed by atoms with van der Waals surface area (Å²) >= 11 is 0. The molecule has 0 spiro atoms. The Bertz CT molecular complexity index is 873. The standard InChI is InChI=1S/C21H21F4N3O/c22-19-7-6-17(8-18(19)21(23,24)25)26-20(29)28-12-15-10-27(11-16(15)13-28)9-14-4-2-1-3-5-14/h1-8,15-16H,9-13H2,(H,26,29)/t15-,16+. The maximum atomic E-state index is 13.4. The highest BCUT2D eigenvalue weighted by molar-refractivity contribution is 5.89. The molecule has 154 valence electrons. The van der Waals surface area contributed by atoms with Crippen LogP contribution in [0, 0.1) is 17.7 Å². The van der Waals surface area contributed by atoms with Gasteiger partial charge < -0.3 is 10.2 Å². The molecule has 2 saturated heterocycles. The second kappa shape index (κ2) is 7.67. The highest BCUT2D eigenvalue weighted by atomic mass is 19.4. The fraction of sp³-hybridized carbons (Fsp3) is 0.381. The van der Waals surface area contributed by atoms with Crippen molar-refractivity contribution < 1.29 is 22.4 Å². The summed E-state index contributed by atoms with van der Waals surface area (Å²) in [4.78, 5) is 16.5. The van der Waals surface area contributed by atoms with Gasteiger partial charge in [-0.1, -0.05) is 30.3 Å². The molecule has 2 amide bonds. The largest absolute Gasteiger partial charge is 0.419 e. The summed E-state index contributed by atoms with van der Waals surface area (Å²) in [7, 11) is 0. The van der Waals surface area contributed by atoms with Crippen LogP contribution in [-0.4, -0.2) is 42.0 Å². The van der Waals surface area contributed by atoms with Crippen LogP contribution in [0.1, 0.15) is 11.1 Å². The molecule has 4 nitrogen and oxygen atoms in total. The van der Waals surface area contributed by atoms with Gasteiger partial charge in [0.15, 0.2) is 0 Å². The number of halogens is 4. The second-order valence-corrected chi connectivity index (χ2v) is 7.73. The van der Waals surface area contributed by atoms with Crippen LogP contribution in [-0.2, 0) is 12.7 Å². The molecule has 0 aromatic heterocycles. The number of anilines is 1. The second-order valence-electron chi connectivity index (χ2n) is 7.73. The van der Waals surface area contributed by atoms with E-state index in [1.165, 1.54) is 5.56 Å². The fourth-order valence-electron chi connectivity index (χ4n) is 4.25. The third-order valence-electron chi connectivity index (χ3n) is 5.62. The van der Waals surface area contributed by atoms with Crippen molar-refractivity contribution in [3.05, 3.63) is 65.5 Å². The van der Waals surface area contributed by atoms with Crippen LogP contribution in [0.2, 0.25) is 0 Å². The monoisotopic (exact) mass is 407 g/mol. The smallest absolute Gasteiger partial charge is 0.324 e. The number of urea groups is 1. The van der Waals surface area contributed by atoms with E-state index in [-0.39, 0.29) is 5.69 Å². The molecule has 2 aromatic rings. The topological polar surface area (TPSA) is 35.6 Å². The lowest BCUT2D eigenvalue weighted by Gasteiger charge is -2.22. The number of rotatable bonds is 3. The number of hydrogen-bond donors (Lipinski definition) is 1. The summed E-state index contributed by atoms with van der Waals surface area (Å²) in [5.41, 5.74) is -0.199. The predicted octanol–water partition coefficient (Wildman–Crippen LogP) is 4.44. The molecule has 0 saturated carbocycles. The van der Waals surface area contributed by atoms with Crippen molar-refractivity contribution in [1.29, 1.82) is 0 Å². The number of carbonyl (C=O) groups excluding carboxylic acids is 1. The van der Waals surface area contributed by atoms with Gasteiger partial charge >= 0.3 is 12.2 Å². The molecule has 2 fully saturated rings. The predicted molar refractivity (Wildman–Crippen MR) is 101 cm³/mol. The van der Waals surface area contributed by atoms with Crippen molar-refractivity contribution in [2.45, 2.75) is 12.7 Å². The molecule has 4 rings (SSSR count). The molecule has 0 bridgehead atoms. The van der Waals surface area contributed by atoms with Gasteiger partial charge in [-0.05, 0) is 35.6 Å². The quantitative estimate of drug-likeness (QED) is 0.764. The summed E-state index contributed by atoms with van der Waals surface area (Å²) in [6, 6.07) is 12.2. The van der Waals surface area contributed by atoms with Crippen molar-refractivity contribution in [3.8, 4) is 0 Å². The third kappa shape index (κ3) is 4.37. The molecule has 0 unspecified atom stereocenters. The van der Waals surface area contributed by atoms with Gasteiger partial charge in [0.25, 0.3) is 0 Å². The first-order valence-corrected chi connectivity index (χ1v) is 9.48. The van der Waals surface area contributed by atoms with Crippen LogP contribution in [0.15, 0.2) is 48.5 Å². The Morgan fingerprint density at radius 2 is 1.66 bits per heavy atom. The molecule has 2 heterocycles. The van der Waals surface area contributed by atoms with E-state index in [0.717, 1.165) is 31.8 Å². The van der Waals surface area contributed by atoms with Crippen molar-refractivity contribution in [3.63, 3.8) is 0 Å². The van der Waals surface area contributed by atoms with Crippen LogP contribution in [0.5, 0.6) is 0 Å². The number of nitrogens with one attached hydrogen (secondary N) is 1. The van der Waals surface area contributed by atoms with Gasteiger partial charge in [-0.15, -0.1) is 0 Å². The normalized spacial score (nSPS) is 22.0. The first-order chi connectivity index (χ1) is 13.8. The Morgan fingerprint density at radius 1 is 1.00 bits per heavy atom. The van der Waals surface area contributed by atoms with E-state index < -0.39 is 23.6 Å². The van der Waals surface area contributed by atoms with Crippen LogP contribution < -0.4 is 5.32 Å². The van der Waals surface area contributed by atoms with Gasteiger partial charge in [0.05, 0.1) is 5.56 Å². The van der Waals surface area contributed by atoms with Gasteiger partial charge in [-0.2, -0.15) is 13.2 Å². The third-order valence-corrected chi connectivity index (χ3v) is 5.62. The Balaban J connectivity index is 1.34. The number of hydrogen-bond acceptors (Lipinski definition) is 2. The van der Waals surface area contributed by atoms with Crippen LogP contribution in [0.4, 0.5) is 28.0 Å². The summed E-state index contributed by atoms with van der Waals surface area (Å²) in [5.74, 6) is -0.656. The minimum absolute atomic E-state index is 0.0634. The van der Waals surface area contributed by atoms with E-state index >= 15 is 0 Å². The number of likely N-dealkylation sites (tertiary alicyclic amines) is 2. The minimum Gasteiger partial charge on any atom is -0.324 e. The Labute approximate surface area is 166 Å². The van der Waals surface area contributed by atoms with Gasteiger partial charge in [-0.25, -0.2) is 9.18 Å². The molecule has 0 aliphatic carbocycles. The first-order valence-electron chi connectivity index (χ1n) is 9.48. The summed E-state index contributed by atoms with van der Waals surface area (Å²) in [6.07, 6.45) is -4.81. The van der Waals surface area contributed by atoms with Crippen molar-refractivity contribution in [2.75, 3.05) is 31.5 Å². The number of nitrogens with zero attached hydrogens (tertiary/aromatic N) is 2. The number of carbonyl (C=O) groups is 1. The van der Waals surface area contributed by atoms with Gasteiger partial charge in [0.2, 0.25) is 0 Å². The molecular weight excluding hydrogens is 386 g/mol. The highest BCUT2D eigenvalue weighted by Crippen LogP contribution is 2.34. The van der Waals surface area contributed by atoms with Crippen LogP contribution >= 0.6 is 0 Å². The number of alkyl halides is 3. The first kappa shape index (κ1) is 19.7. The highest BCUT2D eigenvalue weighted by Gasteiger charge is 2.41. The van der Waals surface area contributed by atoms with E-state index in [2.05, 4.69) is 22.3 Å². The molecular formula is C21H21F4N3O. The number of amides is 2. The van der Waals surface area contributed by atoms with E-state index in [1.54, 1.807) is 4.90 Å². The van der Waals surface area contributed by atoms with Crippen LogP contribution in [0.25, 0.3) is 0 Å². The number of fused-ring (bicyclic) bond motifs is 1. The van der Waals surface area contributed by atoms with Crippen LogP contribution in [0.3, 0.4) is 0 Å². The molecule has 2 aliphatic rings. The molecule has 0 radical (unpaired) electrons. The number of benzene rings is 2. The Hall–Kier alpha value is -2.61. The Kier molecular flexibility index (Phi) is 5.21. The molecule has 1 N–H and O–H groups in total. The molecule has 2 aliphatic heterocycles. The van der Waals surface area contributed by atoms with Gasteiger partial charge in [0, 0.05) is 38.4 Å². The summed E-state index contributed by atoms with van der Waals surface area (Å²) in [6.45, 7) is 3.77. The zero-order valence-corrected chi connectivity index (χ0v) is 15.6. The average molecular weight is 407 g/mol. The van der Waals surface area contributed by atoms with Gasteiger partial charge in [0.1, 0.15) is 5.82 Å². The SMILES string of the molecule is O=C(Nc1ccc(F)c(C(F)(F)F)c1)N1C[C@H]2CN(Cc3ccccc3)C[C@H]2C1. The van der Waals surface area contributed by atoms with Crippen molar-refractivity contribution in [2.24, 2.45) is 11.8 Å². The lowest BCUT2D eigenvalue weighted by Crippen LogP contribution is -2.36. The van der Waals surface area contributed by atoms with Crippen molar-refractivity contribution >= 4 is 11.7 Å². The zero-order valence-electron chi connectivity index (χ0n) is 15.6. The summed E-state index contributed by atoms with van der Waals surface area (Å²) < 4.78 is 51.9. The maximum absolute atomic E-state index is 13.4. The molecule has 2 aromatic carbocycles. The van der Waals surface area contributed by atoms with Gasteiger partial charge in [-0.3, -0.25) is 4.90 Å². The molecule has 2 atom stereocenters. The minimum atomic E-state index is -4.81. The van der Waals surface area contributed by atoms with E-state index in [4.69, 9.17) is 0 Å². The maximum Gasteiger partial charge on any atom is 0.419 e. The fourth-order valence-corrected chi connectivity index (χ4v) is 4.25. The van der Waals surface area contributed by atoms with E-state index in [9.17, 15) is 22.4 Å². The lowest BCUT2D eigenvalue weighted by atomic mass is 10.0. The summed E-state index contributed by atoms with van der Waals surface area (Å²) in [5, 5.41) is 2.47. The molecule has 29 heavy (non-hydrogen) atoms. The van der Waals surface area contributed by atoms with Crippen molar-refractivity contribution in [1.82, 2.24) is 9.80 Å². The van der Waals surface area contributed by atoms with E-state index in [1.807, 2.05) is 18.2 Å².